The topological polar surface area (TPSA) is 127 Å². The molecular weight excluding hydrogens is 178 g/mol. The van der Waals surface area contributed by atoms with E-state index >= 15 is 0 Å². The number of nitrogens with two attached hydrogens (primary N) is 2. The molecule has 0 saturated heterocycles. The minimum absolute atomic E-state index is 0.418. The highest BCUT2D eigenvalue weighted by Gasteiger charge is 2.21. The van der Waals surface area contributed by atoms with Crippen LogP contribution in [-0.4, -0.2) is 47.4 Å². The van der Waals surface area contributed by atoms with Crippen molar-refractivity contribution in [1.29, 1.82) is 0 Å². The van der Waals surface area contributed by atoms with Crippen LogP contribution in [0.25, 0.3) is 0 Å². The van der Waals surface area contributed by atoms with Crippen LogP contribution in [0.1, 0.15) is 0 Å². The molecule has 0 saturated carbocycles. The van der Waals surface area contributed by atoms with Gasteiger partial charge in [-0.3, -0.25) is 19.3 Å². The fraction of sp³-hybridized carbons (Fsp3) is 0.500. The maximum atomic E-state index is 10.9. The van der Waals surface area contributed by atoms with Gasteiger partial charge in [0, 0.05) is 0 Å². The van der Waals surface area contributed by atoms with Crippen molar-refractivity contribution in [2.24, 2.45) is 11.5 Å². The summed E-state index contributed by atoms with van der Waals surface area (Å²) in [4.78, 5) is 32.6. The molecule has 74 valence electrons. The smallest absolute Gasteiger partial charge is 0.323 e. The molecule has 0 radical (unpaired) electrons. The van der Waals surface area contributed by atoms with Gasteiger partial charge < -0.3 is 16.6 Å². The third-order valence-corrected chi connectivity index (χ3v) is 1.24. The molecule has 7 heteroatoms. The first kappa shape index (κ1) is 11.5. The van der Waals surface area contributed by atoms with Gasteiger partial charge >= 0.3 is 5.97 Å². The average molecular weight is 189 g/mol. The molecule has 7 nitrogen and oxygen atoms in total. The number of hydrogen-bond acceptors (Lipinski definition) is 5. The molecule has 0 aromatic rings. The van der Waals surface area contributed by atoms with E-state index in [0.29, 0.717) is 4.90 Å². The van der Waals surface area contributed by atoms with Crippen molar-refractivity contribution >= 4 is 17.8 Å². The van der Waals surface area contributed by atoms with Crippen LogP contribution in [0.2, 0.25) is 0 Å². The van der Waals surface area contributed by atoms with E-state index in [9.17, 15) is 14.4 Å². The summed E-state index contributed by atoms with van der Waals surface area (Å²) in [6.07, 6.45) is 0. The number of carboxylic acid groups (broad SMARTS) is 1. The lowest BCUT2D eigenvalue weighted by atomic mass is 10.4. The number of hydrogen-bond donors (Lipinski definition) is 3. The summed E-state index contributed by atoms with van der Waals surface area (Å²) in [5.41, 5.74) is 9.93. The van der Waals surface area contributed by atoms with Crippen LogP contribution in [0, 0.1) is 0 Å². The van der Waals surface area contributed by atoms with Gasteiger partial charge in [0.15, 0.2) is 0 Å². The molecule has 0 heterocycles. The first-order valence-corrected chi connectivity index (χ1v) is 3.48. The standard InChI is InChI=1S/C6H11N3O4/c7-1-4(10)9(3-6(12)13)5(11)2-8/h1-3,7-8H2,(H,12,13). The Morgan fingerprint density at radius 3 is 1.69 bits per heavy atom. The predicted octanol–water partition coefficient (Wildman–Crippen LogP) is -2.66. The molecule has 0 rings (SSSR count). The molecule has 0 spiro atoms. The monoisotopic (exact) mass is 189 g/mol. The van der Waals surface area contributed by atoms with E-state index < -0.39 is 37.4 Å². The minimum atomic E-state index is -1.29. The highest BCUT2D eigenvalue weighted by atomic mass is 16.4. The molecule has 0 aliphatic heterocycles. The van der Waals surface area contributed by atoms with Crippen LogP contribution in [0.5, 0.6) is 0 Å². The van der Waals surface area contributed by atoms with Crippen LogP contribution in [0.15, 0.2) is 0 Å². The lowest BCUT2D eigenvalue weighted by Crippen LogP contribution is -2.46. The summed E-state index contributed by atoms with van der Waals surface area (Å²) >= 11 is 0. The van der Waals surface area contributed by atoms with E-state index in [1.165, 1.54) is 0 Å². The van der Waals surface area contributed by atoms with Gasteiger partial charge in [0.1, 0.15) is 6.54 Å². The summed E-state index contributed by atoms with van der Waals surface area (Å²) in [7, 11) is 0. The van der Waals surface area contributed by atoms with Crippen LogP contribution < -0.4 is 11.5 Å². The Bertz CT molecular complexity index is 212. The Morgan fingerprint density at radius 2 is 1.46 bits per heavy atom. The number of amides is 2. The second-order valence-electron chi connectivity index (χ2n) is 2.18. The quantitative estimate of drug-likeness (QED) is 0.443. The van der Waals surface area contributed by atoms with Gasteiger partial charge in [-0.2, -0.15) is 0 Å². The molecule has 0 unspecified atom stereocenters. The molecular formula is C6H11N3O4. The molecule has 13 heavy (non-hydrogen) atoms. The van der Waals surface area contributed by atoms with Crippen molar-refractivity contribution in [2.45, 2.75) is 0 Å². The lowest BCUT2D eigenvalue weighted by molar-refractivity contribution is -0.151. The Balaban J connectivity index is 4.45. The maximum Gasteiger partial charge on any atom is 0.323 e. The van der Waals surface area contributed by atoms with Crippen molar-refractivity contribution in [3.63, 3.8) is 0 Å². The minimum Gasteiger partial charge on any atom is -0.480 e. The lowest BCUT2D eigenvalue weighted by Gasteiger charge is -2.16. The first-order valence-electron chi connectivity index (χ1n) is 3.48. The number of carboxylic acids is 1. The molecule has 0 aliphatic carbocycles. The van der Waals surface area contributed by atoms with Gasteiger partial charge in [0.2, 0.25) is 11.8 Å². The second kappa shape index (κ2) is 5.22. The van der Waals surface area contributed by atoms with E-state index in [1.807, 2.05) is 0 Å². The Hall–Kier alpha value is -1.47. The molecule has 2 amide bonds. The van der Waals surface area contributed by atoms with Gasteiger partial charge in [-0.1, -0.05) is 0 Å². The van der Waals surface area contributed by atoms with Crippen LogP contribution >= 0.6 is 0 Å². The molecule has 0 aliphatic rings. The largest absolute Gasteiger partial charge is 0.480 e. The molecule has 0 aromatic carbocycles. The zero-order valence-electron chi connectivity index (χ0n) is 6.90. The van der Waals surface area contributed by atoms with Gasteiger partial charge in [-0.05, 0) is 0 Å². The van der Waals surface area contributed by atoms with Crippen molar-refractivity contribution in [1.82, 2.24) is 4.90 Å². The fourth-order valence-corrected chi connectivity index (χ4v) is 0.671. The average Bonchev–Trinajstić information content (AvgIpc) is 2.11. The normalized spacial score (nSPS) is 9.38. The molecule has 0 fully saturated rings. The first-order chi connectivity index (χ1) is 6.02. The number of imide groups is 1. The number of carbonyl (C=O) groups excluding carboxylic acids is 2. The van der Waals surface area contributed by atoms with Crippen LogP contribution in [0.4, 0.5) is 0 Å². The zero-order chi connectivity index (χ0) is 10.4. The third kappa shape index (κ3) is 3.63. The van der Waals surface area contributed by atoms with E-state index in [2.05, 4.69) is 0 Å². The Morgan fingerprint density at radius 1 is 1.08 bits per heavy atom. The number of aliphatic carboxylic acids is 1. The van der Waals surface area contributed by atoms with E-state index in [4.69, 9.17) is 16.6 Å². The summed E-state index contributed by atoms with van der Waals surface area (Å²) in [6.45, 7) is -1.54. The van der Waals surface area contributed by atoms with Gasteiger partial charge in [0.05, 0.1) is 13.1 Å². The fourth-order valence-electron chi connectivity index (χ4n) is 0.671. The van der Waals surface area contributed by atoms with Crippen LogP contribution in [0.3, 0.4) is 0 Å². The third-order valence-electron chi connectivity index (χ3n) is 1.24. The summed E-state index contributed by atoms with van der Waals surface area (Å²) in [5.74, 6) is -2.79. The molecule has 0 bridgehead atoms. The van der Waals surface area contributed by atoms with Gasteiger partial charge in [-0.25, -0.2) is 0 Å². The van der Waals surface area contributed by atoms with E-state index in [-0.39, 0.29) is 0 Å². The second-order valence-corrected chi connectivity index (χ2v) is 2.18. The number of carbonyl (C=O) groups is 3. The predicted molar refractivity (Wildman–Crippen MR) is 42.5 cm³/mol. The van der Waals surface area contributed by atoms with Crippen molar-refractivity contribution in [3.05, 3.63) is 0 Å². The Kier molecular flexibility index (Phi) is 4.63. The molecule has 0 atom stereocenters. The number of nitrogens with zero attached hydrogens (tertiary/aromatic N) is 1. The summed E-state index contributed by atoms with van der Waals surface area (Å²) in [5, 5.41) is 8.34. The van der Waals surface area contributed by atoms with E-state index in [1.54, 1.807) is 0 Å². The summed E-state index contributed by atoms with van der Waals surface area (Å²) < 4.78 is 0. The number of rotatable bonds is 4. The Labute approximate surface area is 74.3 Å². The maximum absolute atomic E-state index is 10.9. The highest BCUT2D eigenvalue weighted by molar-refractivity contribution is 5.99. The molecule has 5 N–H and O–H groups in total. The SMILES string of the molecule is NCC(=O)N(CC(=O)O)C(=O)CN. The zero-order valence-corrected chi connectivity index (χ0v) is 6.90. The van der Waals surface area contributed by atoms with Gasteiger partial charge in [-0.15, -0.1) is 0 Å². The van der Waals surface area contributed by atoms with Gasteiger partial charge in [0.25, 0.3) is 0 Å². The molecule has 0 aromatic heterocycles. The summed E-state index contributed by atoms with van der Waals surface area (Å²) in [6, 6.07) is 0. The highest BCUT2D eigenvalue weighted by Crippen LogP contribution is 1.89. The van der Waals surface area contributed by atoms with Crippen LogP contribution in [-0.2, 0) is 14.4 Å². The van der Waals surface area contributed by atoms with Crippen molar-refractivity contribution in [3.8, 4) is 0 Å². The van der Waals surface area contributed by atoms with E-state index in [0.717, 1.165) is 0 Å². The van der Waals surface area contributed by atoms with Crippen molar-refractivity contribution < 1.29 is 19.5 Å². The van der Waals surface area contributed by atoms with Crippen molar-refractivity contribution in [2.75, 3.05) is 19.6 Å².